The van der Waals surface area contributed by atoms with E-state index in [0.717, 1.165) is 44.4 Å². The number of aryl methyl sites for hydroxylation is 3. The Morgan fingerprint density at radius 1 is 0.659 bits per heavy atom. The van der Waals surface area contributed by atoms with Crippen molar-refractivity contribution in [2.24, 2.45) is 0 Å². The highest BCUT2D eigenvalue weighted by molar-refractivity contribution is 6.99. The predicted octanol–water partition coefficient (Wildman–Crippen LogP) is 7.55. The number of imidazole rings is 1. The van der Waals surface area contributed by atoms with E-state index >= 15 is 0 Å². The van der Waals surface area contributed by atoms with Gasteiger partial charge in [-0.05, 0) is 97.1 Å². The Hall–Kier alpha value is -5.29. The molecule has 0 atom stereocenters. The largest absolute Gasteiger partial charge is 0.457 e. The number of nitrogens with zero attached hydrogens (tertiary/aromatic N) is 3. The molecule has 9 aromatic rings. The lowest BCUT2D eigenvalue weighted by molar-refractivity contribution is 0.671. The van der Waals surface area contributed by atoms with Crippen molar-refractivity contribution in [1.82, 2.24) is 14.0 Å². The quantitative estimate of drug-likeness (QED) is 0.193. The Morgan fingerprint density at radius 3 is 2.30 bits per heavy atom. The molecule has 4 heterocycles. The van der Waals surface area contributed by atoms with E-state index in [4.69, 9.17) is 9.40 Å². The number of hydrogen-bond donors (Lipinski definition) is 0. The maximum absolute atomic E-state index is 6.81. The van der Waals surface area contributed by atoms with Gasteiger partial charge in [-0.2, -0.15) is 0 Å². The molecule has 0 spiro atoms. The molecule has 0 amide bonds. The second-order valence-corrected chi connectivity index (χ2v) is 12.5. The van der Waals surface area contributed by atoms with E-state index in [-0.39, 0.29) is 6.71 Å². The second-order valence-electron chi connectivity index (χ2n) is 12.5. The standard InChI is InChI=1S/C39H28BN3O/c1-21-20-31-34-33(22(21)2)23(3)24(4)35-37(34)43(39-41-28-15-9-10-16-29(28)42(31)39)30-19-18-27-26-14-8-11-17-32(26)44-38(27)36(30)40(35)25-12-6-5-7-13-25/h5-20H,1-4H3. The number of aromatic nitrogens is 3. The van der Waals surface area contributed by atoms with Crippen LogP contribution in [0.25, 0.3) is 66.2 Å². The van der Waals surface area contributed by atoms with Gasteiger partial charge < -0.3 is 4.42 Å². The zero-order valence-electron chi connectivity index (χ0n) is 25.1. The molecule has 1 aliphatic heterocycles. The molecule has 0 saturated carbocycles. The molecule has 208 valence electrons. The van der Waals surface area contributed by atoms with Crippen LogP contribution in [0.2, 0.25) is 0 Å². The van der Waals surface area contributed by atoms with Gasteiger partial charge in [0.05, 0.1) is 22.1 Å². The maximum atomic E-state index is 6.81. The molecule has 4 nitrogen and oxygen atoms in total. The fourth-order valence-electron chi connectivity index (χ4n) is 8.20. The molecule has 44 heavy (non-hydrogen) atoms. The van der Waals surface area contributed by atoms with Crippen molar-refractivity contribution in [3.05, 3.63) is 119 Å². The first kappa shape index (κ1) is 24.2. The summed E-state index contributed by atoms with van der Waals surface area (Å²) < 4.78 is 11.6. The summed E-state index contributed by atoms with van der Waals surface area (Å²) in [6.45, 7) is 9.15. The molecule has 0 aliphatic carbocycles. The Bertz CT molecular complexity index is 2710. The van der Waals surface area contributed by atoms with Gasteiger partial charge in [0.25, 0.3) is 6.71 Å². The Morgan fingerprint density at radius 2 is 1.43 bits per heavy atom. The SMILES string of the molecule is Cc1cc2c3c(c1C)c(C)c(C)c1c3n(c3nc4ccccc4n23)-c2ccc3c(oc4ccccc43)c2B1c1ccccc1. The molecule has 0 bridgehead atoms. The van der Waals surface area contributed by atoms with Crippen LogP contribution in [0.3, 0.4) is 0 Å². The summed E-state index contributed by atoms with van der Waals surface area (Å²) in [5, 5.41) is 4.95. The van der Waals surface area contributed by atoms with Crippen LogP contribution in [0.1, 0.15) is 22.3 Å². The van der Waals surface area contributed by atoms with E-state index in [0.29, 0.717) is 0 Å². The minimum absolute atomic E-state index is 0.00444. The predicted molar refractivity (Wildman–Crippen MR) is 184 cm³/mol. The molecule has 0 N–H and O–H groups in total. The smallest absolute Gasteiger partial charge is 0.252 e. The minimum atomic E-state index is -0.00444. The van der Waals surface area contributed by atoms with Gasteiger partial charge in [0.2, 0.25) is 5.78 Å². The van der Waals surface area contributed by atoms with Crippen LogP contribution >= 0.6 is 0 Å². The molecule has 1 aliphatic rings. The molecular formula is C39H28BN3O. The lowest BCUT2D eigenvalue weighted by Crippen LogP contribution is -2.57. The summed E-state index contributed by atoms with van der Waals surface area (Å²) in [6.07, 6.45) is 0. The third-order valence-corrected chi connectivity index (χ3v) is 10.4. The van der Waals surface area contributed by atoms with Gasteiger partial charge in [0.1, 0.15) is 11.2 Å². The highest BCUT2D eigenvalue weighted by Crippen LogP contribution is 2.40. The van der Waals surface area contributed by atoms with Gasteiger partial charge in [-0.15, -0.1) is 0 Å². The Kier molecular flexibility index (Phi) is 4.51. The highest BCUT2D eigenvalue weighted by Gasteiger charge is 2.39. The van der Waals surface area contributed by atoms with E-state index in [2.05, 4.69) is 134 Å². The van der Waals surface area contributed by atoms with Gasteiger partial charge in [-0.1, -0.05) is 71.7 Å². The van der Waals surface area contributed by atoms with Crippen LogP contribution < -0.4 is 16.4 Å². The van der Waals surface area contributed by atoms with Gasteiger partial charge in [0.15, 0.2) is 0 Å². The van der Waals surface area contributed by atoms with E-state index in [1.807, 2.05) is 0 Å². The van der Waals surface area contributed by atoms with Gasteiger partial charge in [-0.3, -0.25) is 8.97 Å². The molecule has 10 rings (SSSR count). The first-order valence-corrected chi connectivity index (χ1v) is 15.4. The van der Waals surface area contributed by atoms with Crippen molar-refractivity contribution in [3.8, 4) is 5.69 Å². The monoisotopic (exact) mass is 565 g/mol. The first-order chi connectivity index (χ1) is 21.5. The fourth-order valence-corrected chi connectivity index (χ4v) is 8.20. The average molecular weight is 565 g/mol. The number of benzene rings is 6. The number of hydrogen-bond acceptors (Lipinski definition) is 2. The van der Waals surface area contributed by atoms with Crippen molar-refractivity contribution in [2.45, 2.75) is 27.7 Å². The summed E-state index contributed by atoms with van der Waals surface area (Å²) in [5.41, 5.74) is 16.7. The van der Waals surface area contributed by atoms with Crippen molar-refractivity contribution in [2.75, 3.05) is 0 Å². The lowest BCUT2D eigenvalue weighted by atomic mass is 9.34. The molecule has 6 aromatic carbocycles. The number of fused-ring (bicyclic) bond motifs is 11. The topological polar surface area (TPSA) is 35.4 Å². The molecule has 0 fully saturated rings. The number of furan rings is 1. The second kappa shape index (κ2) is 8.21. The molecular weight excluding hydrogens is 537 g/mol. The van der Waals surface area contributed by atoms with Gasteiger partial charge >= 0.3 is 0 Å². The summed E-state index contributed by atoms with van der Waals surface area (Å²) in [4.78, 5) is 5.35. The summed E-state index contributed by atoms with van der Waals surface area (Å²) in [6, 6.07) is 34.8. The number of rotatable bonds is 1. The van der Waals surface area contributed by atoms with Crippen molar-refractivity contribution in [1.29, 1.82) is 0 Å². The first-order valence-electron chi connectivity index (χ1n) is 15.4. The van der Waals surface area contributed by atoms with Crippen LogP contribution in [-0.4, -0.2) is 20.7 Å². The third kappa shape index (κ3) is 2.78. The summed E-state index contributed by atoms with van der Waals surface area (Å²) in [5.74, 6) is 0.927. The normalized spacial score (nSPS) is 13.0. The van der Waals surface area contributed by atoms with Crippen LogP contribution in [0.15, 0.2) is 101 Å². The summed E-state index contributed by atoms with van der Waals surface area (Å²) >= 11 is 0. The van der Waals surface area contributed by atoms with Crippen molar-refractivity contribution < 1.29 is 4.42 Å². The van der Waals surface area contributed by atoms with Crippen molar-refractivity contribution >= 4 is 83.7 Å². The summed E-state index contributed by atoms with van der Waals surface area (Å²) in [7, 11) is 0. The molecule has 3 aromatic heterocycles. The van der Waals surface area contributed by atoms with Crippen molar-refractivity contribution in [3.63, 3.8) is 0 Å². The van der Waals surface area contributed by atoms with Gasteiger partial charge in [-0.25, -0.2) is 4.98 Å². The third-order valence-electron chi connectivity index (χ3n) is 10.4. The van der Waals surface area contributed by atoms with Crippen LogP contribution in [0.5, 0.6) is 0 Å². The van der Waals surface area contributed by atoms with Crippen LogP contribution in [0.4, 0.5) is 0 Å². The van der Waals surface area contributed by atoms with Crippen LogP contribution in [0, 0.1) is 27.7 Å². The molecule has 0 radical (unpaired) electrons. The average Bonchev–Trinajstić information content (AvgIpc) is 3.63. The Balaban J connectivity index is 1.55. The zero-order chi connectivity index (χ0) is 29.4. The maximum Gasteiger partial charge on any atom is 0.252 e. The minimum Gasteiger partial charge on any atom is -0.457 e. The fraction of sp³-hybridized carbons (Fsp3) is 0.103. The van der Waals surface area contributed by atoms with E-state index < -0.39 is 0 Å². The molecule has 0 unspecified atom stereocenters. The lowest BCUT2D eigenvalue weighted by Gasteiger charge is -2.33. The Labute approximate surface area is 254 Å². The highest BCUT2D eigenvalue weighted by atomic mass is 16.3. The molecule has 5 heteroatoms. The van der Waals surface area contributed by atoms with E-state index in [1.165, 1.54) is 60.4 Å². The number of para-hydroxylation sites is 3. The molecule has 0 saturated heterocycles. The van der Waals surface area contributed by atoms with Crippen LogP contribution in [-0.2, 0) is 0 Å². The van der Waals surface area contributed by atoms with E-state index in [1.54, 1.807) is 0 Å². The van der Waals surface area contributed by atoms with E-state index in [9.17, 15) is 0 Å². The van der Waals surface area contributed by atoms with Gasteiger partial charge in [0, 0.05) is 21.8 Å². The zero-order valence-corrected chi connectivity index (χ0v) is 25.1.